The van der Waals surface area contributed by atoms with E-state index < -0.39 is 0 Å². The van der Waals surface area contributed by atoms with Gasteiger partial charge in [0.15, 0.2) is 0 Å². The fraction of sp³-hybridized carbons (Fsp3) is 0.333. The Hall–Kier alpha value is -1.24. The average Bonchev–Trinajstić information content (AvgIpc) is 2.49. The molecule has 1 unspecified atom stereocenters. The van der Waals surface area contributed by atoms with Gasteiger partial charge in [0.05, 0.1) is 0 Å². The summed E-state index contributed by atoms with van der Waals surface area (Å²) >= 11 is 0. The van der Waals surface area contributed by atoms with Crippen molar-refractivity contribution in [1.29, 1.82) is 0 Å². The van der Waals surface area contributed by atoms with Crippen molar-refractivity contribution < 1.29 is 5.11 Å². The van der Waals surface area contributed by atoms with Crippen LogP contribution in [0.15, 0.2) is 30.9 Å². The summed E-state index contributed by atoms with van der Waals surface area (Å²) < 4.78 is 0. The van der Waals surface area contributed by atoms with Crippen LogP contribution in [-0.4, -0.2) is 5.11 Å². The summed E-state index contributed by atoms with van der Waals surface area (Å²) in [5.41, 5.74) is 2.71. The second-order valence-corrected chi connectivity index (χ2v) is 3.64. The minimum absolute atomic E-state index is 0.384. The van der Waals surface area contributed by atoms with Crippen LogP contribution in [0, 0.1) is 0 Å². The molecule has 1 aliphatic carbocycles. The first-order chi connectivity index (χ1) is 6.31. The highest BCUT2D eigenvalue weighted by atomic mass is 16.3. The Morgan fingerprint density at radius 1 is 1.54 bits per heavy atom. The molecule has 0 saturated carbocycles. The molecular formula is C12H14O. The maximum Gasteiger partial charge on any atom is 0.115 e. The predicted octanol–water partition coefficient (Wildman–Crippen LogP) is 3.00. The number of hydrogen-bond acceptors (Lipinski definition) is 1. The van der Waals surface area contributed by atoms with E-state index in [1.807, 2.05) is 18.2 Å². The molecule has 68 valence electrons. The molecule has 0 spiro atoms. The summed E-state index contributed by atoms with van der Waals surface area (Å²) in [6, 6.07) is 5.71. The molecule has 2 rings (SSSR count). The Morgan fingerprint density at radius 3 is 3.15 bits per heavy atom. The third kappa shape index (κ3) is 1.46. The van der Waals surface area contributed by atoms with E-state index in [4.69, 9.17) is 0 Å². The number of phenols is 1. The van der Waals surface area contributed by atoms with Gasteiger partial charge in [-0.05, 0) is 48.4 Å². The number of allylic oxidation sites excluding steroid dienone is 1. The van der Waals surface area contributed by atoms with E-state index in [0.29, 0.717) is 11.7 Å². The summed E-state index contributed by atoms with van der Waals surface area (Å²) in [6.07, 6.45) is 5.33. The van der Waals surface area contributed by atoms with E-state index in [0.717, 1.165) is 12.8 Å². The van der Waals surface area contributed by atoms with Crippen LogP contribution in [0.3, 0.4) is 0 Å². The van der Waals surface area contributed by atoms with Crippen LogP contribution in [0.4, 0.5) is 0 Å². The molecule has 0 bridgehead atoms. The van der Waals surface area contributed by atoms with Gasteiger partial charge in [-0.3, -0.25) is 0 Å². The lowest BCUT2D eigenvalue weighted by molar-refractivity contribution is 0.474. The fourth-order valence-electron chi connectivity index (χ4n) is 2.12. The number of rotatable bonds is 2. The Kier molecular flexibility index (Phi) is 2.09. The van der Waals surface area contributed by atoms with Crippen molar-refractivity contribution in [2.45, 2.75) is 25.2 Å². The lowest BCUT2D eigenvalue weighted by atomic mass is 9.98. The van der Waals surface area contributed by atoms with Crippen molar-refractivity contribution in [3.8, 4) is 5.75 Å². The molecule has 13 heavy (non-hydrogen) atoms. The third-order valence-corrected chi connectivity index (χ3v) is 2.78. The van der Waals surface area contributed by atoms with Gasteiger partial charge in [0.25, 0.3) is 0 Å². The second kappa shape index (κ2) is 3.25. The summed E-state index contributed by atoms with van der Waals surface area (Å²) in [5.74, 6) is 0.967. The molecule has 0 aliphatic heterocycles. The second-order valence-electron chi connectivity index (χ2n) is 3.64. The smallest absolute Gasteiger partial charge is 0.115 e. The highest BCUT2D eigenvalue weighted by molar-refractivity contribution is 5.40. The molecular weight excluding hydrogens is 160 g/mol. The van der Waals surface area contributed by atoms with Crippen molar-refractivity contribution >= 4 is 0 Å². The van der Waals surface area contributed by atoms with Crippen molar-refractivity contribution in [3.05, 3.63) is 42.0 Å². The maximum atomic E-state index is 9.36. The molecule has 0 aromatic heterocycles. The van der Waals surface area contributed by atoms with Crippen molar-refractivity contribution in [2.75, 3.05) is 0 Å². The number of benzene rings is 1. The molecule has 0 amide bonds. The number of fused-ring (bicyclic) bond motifs is 1. The first-order valence-electron chi connectivity index (χ1n) is 4.74. The van der Waals surface area contributed by atoms with Crippen LogP contribution in [0.1, 0.15) is 29.9 Å². The van der Waals surface area contributed by atoms with Crippen molar-refractivity contribution in [3.63, 3.8) is 0 Å². The molecule has 1 N–H and O–H groups in total. The Balaban J connectivity index is 2.34. The molecule has 1 aromatic carbocycles. The molecule has 0 fully saturated rings. The average molecular weight is 174 g/mol. The minimum Gasteiger partial charge on any atom is -0.508 e. The van der Waals surface area contributed by atoms with Crippen molar-refractivity contribution in [1.82, 2.24) is 0 Å². The molecule has 1 aliphatic rings. The number of hydrogen-bond donors (Lipinski definition) is 1. The Bertz CT molecular complexity index is 328. The van der Waals surface area contributed by atoms with Gasteiger partial charge in [0, 0.05) is 0 Å². The molecule has 1 aromatic rings. The Morgan fingerprint density at radius 2 is 2.38 bits per heavy atom. The third-order valence-electron chi connectivity index (χ3n) is 2.78. The van der Waals surface area contributed by atoms with E-state index >= 15 is 0 Å². The van der Waals surface area contributed by atoms with Gasteiger partial charge < -0.3 is 5.11 Å². The first-order valence-corrected chi connectivity index (χ1v) is 4.74. The fourth-order valence-corrected chi connectivity index (χ4v) is 2.12. The van der Waals surface area contributed by atoms with Gasteiger partial charge in [0.2, 0.25) is 0 Å². The molecule has 0 radical (unpaired) electrons. The summed E-state index contributed by atoms with van der Waals surface area (Å²) in [6.45, 7) is 3.76. The molecule has 0 saturated heterocycles. The maximum absolute atomic E-state index is 9.36. The van der Waals surface area contributed by atoms with E-state index in [1.54, 1.807) is 6.07 Å². The molecule has 0 heterocycles. The van der Waals surface area contributed by atoms with E-state index in [9.17, 15) is 5.11 Å². The van der Waals surface area contributed by atoms with Crippen LogP contribution < -0.4 is 0 Å². The monoisotopic (exact) mass is 174 g/mol. The molecule has 1 atom stereocenters. The molecule has 1 nitrogen and oxygen atoms in total. The van der Waals surface area contributed by atoms with E-state index in [-0.39, 0.29) is 0 Å². The standard InChI is InChI=1S/C12H14O/c1-2-3-9-4-5-10-6-7-11(13)8-12(9)10/h2,6-9,13H,1,3-5H2. The van der Waals surface area contributed by atoms with Crippen molar-refractivity contribution in [2.24, 2.45) is 0 Å². The van der Waals surface area contributed by atoms with Gasteiger partial charge in [0.1, 0.15) is 5.75 Å². The van der Waals surface area contributed by atoms with E-state index in [2.05, 4.69) is 6.58 Å². The van der Waals surface area contributed by atoms with Gasteiger partial charge in [-0.1, -0.05) is 12.1 Å². The lowest BCUT2D eigenvalue weighted by Crippen LogP contribution is -1.90. The zero-order chi connectivity index (χ0) is 9.26. The van der Waals surface area contributed by atoms with Crippen LogP contribution >= 0.6 is 0 Å². The zero-order valence-electron chi connectivity index (χ0n) is 7.66. The molecule has 1 heteroatoms. The number of aryl methyl sites for hydroxylation is 1. The van der Waals surface area contributed by atoms with Crippen LogP contribution in [-0.2, 0) is 6.42 Å². The topological polar surface area (TPSA) is 20.2 Å². The van der Waals surface area contributed by atoms with Crippen LogP contribution in [0.25, 0.3) is 0 Å². The quantitative estimate of drug-likeness (QED) is 0.683. The SMILES string of the molecule is C=CCC1CCc2ccc(O)cc21. The number of phenolic OH excluding ortho intramolecular Hbond substituents is 1. The van der Waals surface area contributed by atoms with Crippen LogP contribution in [0.2, 0.25) is 0 Å². The summed E-state index contributed by atoms with van der Waals surface area (Å²) in [4.78, 5) is 0. The zero-order valence-corrected chi connectivity index (χ0v) is 7.66. The van der Waals surface area contributed by atoms with E-state index in [1.165, 1.54) is 17.5 Å². The largest absolute Gasteiger partial charge is 0.508 e. The highest BCUT2D eigenvalue weighted by Gasteiger charge is 2.21. The Labute approximate surface area is 78.7 Å². The van der Waals surface area contributed by atoms with Gasteiger partial charge in [-0.2, -0.15) is 0 Å². The lowest BCUT2D eigenvalue weighted by Gasteiger charge is -2.08. The minimum atomic E-state index is 0.384. The van der Waals surface area contributed by atoms with Gasteiger partial charge in [-0.15, -0.1) is 6.58 Å². The summed E-state index contributed by atoms with van der Waals surface area (Å²) in [7, 11) is 0. The first kappa shape index (κ1) is 8.36. The number of aromatic hydroxyl groups is 1. The van der Waals surface area contributed by atoms with Crippen LogP contribution in [0.5, 0.6) is 5.75 Å². The predicted molar refractivity (Wildman–Crippen MR) is 54.0 cm³/mol. The highest BCUT2D eigenvalue weighted by Crippen LogP contribution is 2.37. The van der Waals surface area contributed by atoms with Gasteiger partial charge in [-0.25, -0.2) is 0 Å². The summed E-state index contributed by atoms with van der Waals surface area (Å²) in [5, 5.41) is 9.36. The van der Waals surface area contributed by atoms with Gasteiger partial charge >= 0.3 is 0 Å². The normalized spacial score (nSPS) is 19.8.